The van der Waals surface area contributed by atoms with Gasteiger partial charge in [0.05, 0.1) is 0 Å². The zero-order chi connectivity index (χ0) is 19.2. The molecule has 0 unspecified atom stereocenters. The third-order valence-corrected chi connectivity index (χ3v) is 3.07. The first-order chi connectivity index (χ1) is 12.3. The molecule has 0 spiro atoms. The summed E-state index contributed by atoms with van der Waals surface area (Å²) >= 11 is 0. The molecule has 0 atom stereocenters. The van der Waals surface area contributed by atoms with Crippen molar-refractivity contribution >= 4 is 17.4 Å². The van der Waals surface area contributed by atoms with Crippen LogP contribution in [0.2, 0.25) is 0 Å². The number of rotatable bonds is 4. The topological polar surface area (TPSA) is 74.0 Å². The Bertz CT molecular complexity index is 869. The molecule has 0 aromatic carbocycles. The van der Waals surface area contributed by atoms with Gasteiger partial charge in [0.1, 0.15) is 17.2 Å². The molecule has 2 aromatic heterocycles. The number of nitrogens with one attached hydrogen (secondary N) is 2. The van der Waals surface area contributed by atoms with E-state index >= 15 is 0 Å². The first-order valence-electron chi connectivity index (χ1n) is 7.50. The predicted octanol–water partition coefficient (Wildman–Crippen LogP) is 4.38. The number of halogens is 3. The number of alkyl halides is 3. The van der Waals surface area contributed by atoms with Gasteiger partial charge in [-0.25, -0.2) is 9.98 Å². The van der Waals surface area contributed by atoms with Crippen molar-refractivity contribution in [3.8, 4) is 0 Å². The highest BCUT2D eigenvalue weighted by molar-refractivity contribution is 6.12. The third-order valence-electron chi connectivity index (χ3n) is 3.07. The molecule has 0 saturated carbocycles. The maximum atomic E-state index is 12.8. The average Bonchev–Trinajstić information content (AvgIpc) is 2.59. The zero-order valence-corrected chi connectivity index (χ0v) is 13.9. The van der Waals surface area contributed by atoms with Crippen LogP contribution in [0.25, 0.3) is 0 Å². The van der Waals surface area contributed by atoms with E-state index in [9.17, 15) is 13.2 Å². The Morgan fingerprint density at radius 1 is 1.31 bits per heavy atom. The van der Waals surface area contributed by atoms with Crippen LogP contribution in [0.15, 0.2) is 66.3 Å². The van der Waals surface area contributed by atoms with Gasteiger partial charge in [0.15, 0.2) is 5.84 Å². The summed E-state index contributed by atoms with van der Waals surface area (Å²) in [5, 5.41) is 11.0. The number of allylic oxidation sites excluding steroid dienone is 2. The van der Waals surface area contributed by atoms with E-state index in [2.05, 4.69) is 26.9 Å². The van der Waals surface area contributed by atoms with Crippen LogP contribution in [0.4, 0.5) is 18.9 Å². The lowest BCUT2D eigenvalue weighted by Gasteiger charge is -2.09. The molecule has 0 amide bonds. The monoisotopic (exact) mass is 359 g/mol. The minimum atomic E-state index is -4.58. The summed E-state index contributed by atoms with van der Waals surface area (Å²) in [5.74, 6) is -0.155. The van der Waals surface area contributed by atoms with Crippen molar-refractivity contribution in [1.82, 2.24) is 9.97 Å². The molecule has 26 heavy (non-hydrogen) atoms. The Hall–Kier alpha value is -3.29. The molecule has 2 N–H and O–H groups in total. The molecule has 0 aliphatic rings. The van der Waals surface area contributed by atoms with E-state index in [-0.39, 0.29) is 11.5 Å². The van der Waals surface area contributed by atoms with Crippen molar-refractivity contribution in [2.45, 2.75) is 13.1 Å². The van der Waals surface area contributed by atoms with Crippen molar-refractivity contribution in [3.63, 3.8) is 0 Å². The lowest BCUT2D eigenvalue weighted by Crippen LogP contribution is -2.15. The molecule has 0 aliphatic carbocycles. The second-order valence-corrected chi connectivity index (χ2v) is 5.16. The SMILES string of the molecule is C=C/C=C/C(=N\C(=N)c1cccc(C(F)(F)F)n1)Nc1ccnc(C)c1. The van der Waals surface area contributed by atoms with E-state index in [1.807, 2.05) is 6.92 Å². The lowest BCUT2D eigenvalue weighted by molar-refractivity contribution is -0.141. The number of anilines is 1. The molecule has 0 saturated heterocycles. The van der Waals surface area contributed by atoms with Gasteiger partial charge in [-0.1, -0.05) is 24.8 Å². The summed E-state index contributed by atoms with van der Waals surface area (Å²) in [7, 11) is 0. The Labute approximate surface area is 148 Å². The fourth-order valence-corrected chi connectivity index (χ4v) is 1.94. The van der Waals surface area contributed by atoms with Crippen molar-refractivity contribution in [3.05, 3.63) is 78.4 Å². The van der Waals surface area contributed by atoms with E-state index in [0.29, 0.717) is 5.69 Å². The van der Waals surface area contributed by atoms with E-state index in [1.54, 1.807) is 30.5 Å². The first-order valence-corrected chi connectivity index (χ1v) is 7.50. The second-order valence-electron chi connectivity index (χ2n) is 5.16. The molecule has 0 bridgehead atoms. The maximum absolute atomic E-state index is 12.8. The van der Waals surface area contributed by atoms with Crippen molar-refractivity contribution in [2.75, 3.05) is 5.32 Å². The number of hydrogen-bond acceptors (Lipinski definition) is 3. The summed E-state index contributed by atoms with van der Waals surface area (Å²) in [6.07, 6.45) is 1.67. The standard InChI is InChI=1S/C18H16F3N5/c1-3-4-8-16(24-13-9-10-23-12(2)11-13)26-17(22)14-6-5-7-15(25-14)18(19,20)21/h3-11H,1H2,2H3,(H2,22,23,24,26)/b8-4+. The molecule has 0 radical (unpaired) electrons. The molecule has 2 aromatic rings. The Kier molecular flexibility index (Phi) is 6.00. The highest BCUT2D eigenvalue weighted by atomic mass is 19.4. The highest BCUT2D eigenvalue weighted by Gasteiger charge is 2.32. The van der Waals surface area contributed by atoms with Crippen LogP contribution in [-0.2, 0) is 6.18 Å². The Morgan fingerprint density at radius 3 is 2.73 bits per heavy atom. The zero-order valence-electron chi connectivity index (χ0n) is 13.9. The van der Waals surface area contributed by atoms with Crippen LogP contribution in [0, 0.1) is 12.3 Å². The summed E-state index contributed by atoms with van der Waals surface area (Å²) < 4.78 is 38.3. The number of aromatic nitrogens is 2. The number of aliphatic imine (C=N–C) groups is 1. The maximum Gasteiger partial charge on any atom is 0.433 e. The number of hydrogen-bond donors (Lipinski definition) is 2. The van der Waals surface area contributed by atoms with Gasteiger partial charge in [0.25, 0.3) is 0 Å². The fraction of sp³-hybridized carbons (Fsp3) is 0.111. The van der Waals surface area contributed by atoms with Crippen LogP contribution in [0.3, 0.4) is 0 Å². The molecule has 0 fully saturated rings. The van der Waals surface area contributed by atoms with Crippen molar-refractivity contribution < 1.29 is 13.2 Å². The van der Waals surface area contributed by atoms with Gasteiger partial charge in [-0.3, -0.25) is 10.4 Å². The molecule has 5 nitrogen and oxygen atoms in total. The summed E-state index contributed by atoms with van der Waals surface area (Å²) in [6, 6.07) is 6.80. The van der Waals surface area contributed by atoms with Crippen LogP contribution in [0.1, 0.15) is 17.1 Å². The number of amidine groups is 2. The quantitative estimate of drug-likeness (QED) is 0.483. The van der Waals surface area contributed by atoms with Gasteiger partial charge < -0.3 is 5.32 Å². The number of aryl methyl sites for hydroxylation is 1. The first kappa shape index (κ1) is 19.0. The molecule has 2 heterocycles. The minimum absolute atomic E-state index is 0.183. The molecular weight excluding hydrogens is 343 g/mol. The van der Waals surface area contributed by atoms with Gasteiger partial charge in [0.2, 0.25) is 0 Å². The Balaban J connectivity index is 2.32. The fourth-order valence-electron chi connectivity index (χ4n) is 1.94. The third kappa shape index (κ3) is 5.37. The van der Waals surface area contributed by atoms with Gasteiger partial charge in [-0.15, -0.1) is 0 Å². The summed E-state index contributed by atoms with van der Waals surface area (Å²) in [5.41, 5.74) is 0.194. The van der Waals surface area contributed by atoms with Gasteiger partial charge in [-0.2, -0.15) is 13.2 Å². The molecule has 0 aliphatic heterocycles. The normalized spacial score (nSPS) is 12.2. The predicted molar refractivity (Wildman–Crippen MR) is 95.4 cm³/mol. The second kappa shape index (κ2) is 8.19. The molecule has 8 heteroatoms. The van der Waals surface area contributed by atoms with Gasteiger partial charge in [0, 0.05) is 17.6 Å². The summed E-state index contributed by atoms with van der Waals surface area (Å²) in [4.78, 5) is 11.6. The lowest BCUT2D eigenvalue weighted by atomic mass is 10.2. The van der Waals surface area contributed by atoms with Crippen molar-refractivity contribution in [1.29, 1.82) is 5.41 Å². The molecule has 2 rings (SSSR count). The van der Waals surface area contributed by atoms with Gasteiger partial charge in [-0.05, 0) is 37.3 Å². The van der Waals surface area contributed by atoms with E-state index in [0.717, 1.165) is 11.8 Å². The minimum Gasteiger partial charge on any atom is -0.340 e. The largest absolute Gasteiger partial charge is 0.433 e. The smallest absolute Gasteiger partial charge is 0.340 e. The van der Waals surface area contributed by atoms with E-state index in [1.165, 1.54) is 18.2 Å². The van der Waals surface area contributed by atoms with E-state index in [4.69, 9.17) is 5.41 Å². The molecule has 134 valence electrons. The van der Waals surface area contributed by atoms with Crippen LogP contribution in [-0.4, -0.2) is 21.6 Å². The summed E-state index contributed by atoms with van der Waals surface area (Å²) in [6.45, 7) is 5.37. The van der Waals surface area contributed by atoms with Gasteiger partial charge >= 0.3 is 6.18 Å². The highest BCUT2D eigenvalue weighted by Crippen LogP contribution is 2.27. The Morgan fingerprint density at radius 2 is 2.08 bits per heavy atom. The van der Waals surface area contributed by atoms with Crippen molar-refractivity contribution in [2.24, 2.45) is 4.99 Å². The van der Waals surface area contributed by atoms with E-state index < -0.39 is 17.7 Å². The molecular formula is C18H16F3N5. The average molecular weight is 359 g/mol. The van der Waals surface area contributed by atoms with Crippen LogP contribution in [0.5, 0.6) is 0 Å². The van der Waals surface area contributed by atoms with Crippen LogP contribution < -0.4 is 5.32 Å². The number of pyridine rings is 2. The number of nitrogens with zero attached hydrogens (tertiary/aromatic N) is 3. The van der Waals surface area contributed by atoms with Crippen LogP contribution >= 0.6 is 0 Å².